The summed E-state index contributed by atoms with van der Waals surface area (Å²) in [6, 6.07) is 0.175. The Hall–Kier alpha value is -0.170. The normalized spacial score (nSPS) is 30.6. The van der Waals surface area contributed by atoms with Gasteiger partial charge >= 0.3 is 0 Å². The molecule has 0 aromatic heterocycles. The Morgan fingerprint density at radius 3 is 2.39 bits per heavy atom. The molecule has 0 aromatic carbocycles. The zero-order valence-corrected chi connectivity index (χ0v) is 12.2. The third-order valence-corrected chi connectivity index (χ3v) is 5.65. The molecule has 2 unspecified atom stereocenters. The largest absolute Gasteiger partial charge is 0.317 e. The number of hydrogen-bond acceptors (Lipinski definition) is 3. The van der Waals surface area contributed by atoms with E-state index in [1.54, 1.807) is 4.31 Å². The Morgan fingerprint density at radius 2 is 1.89 bits per heavy atom. The van der Waals surface area contributed by atoms with Crippen LogP contribution in [0.3, 0.4) is 0 Å². The average Bonchev–Trinajstić information content (AvgIpc) is 3.02. The number of hydrogen-bond donors (Lipinski definition) is 2. The maximum absolute atomic E-state index is 12.1. The van der Waals surface area contributed by atoms with E-state index < -0.39 is 10.2 Å². The molecule has 1 saturated heterocycles. The highest BCUT2D eigenvalue weighted by Crippen LogP contribution is 2.30. The van der Waals surface area contributed by atoms with Gasteiger partial charge in [0.05, 0.1) is 0 Å². The van der Waals surface area contributed by atoms with Crippen molar-refractivity contribution in [2.45, 2.75) is 39.2 Å². The Balaban J connectivity index is 1.78. The van der Waals surface area contributed by atoms with Crippen LogP contribution in [0.1, 0.15) is 33.1 Å². The van der Waals surface area contributed by atoms with Crippen molar-refractivity contribution in [3.8, 4) is 0 Å². The third-order valence-electron chi connectivity index (χ3n) is 4.01. The number of nitrogens with zero attached hydrogens (tertiary/aromatic N) is 1. The van der Waals surface area contributed by atoms with E-state index in [1.165, 1.54) is 0 Å². The summed E-state index contributed by atoms with van der Waals surface area (Å²) in [5, 5.41) is 3.34. The van der Waals surface area contributed by atoms with Crippen LogP contribution in [0.15, 0.2) is 0 Å². The van der Waals surface area contributed by atoms with Crippen LogP contribution in [0.25, 0.3) is 0 Å². The van der Waals surface area contributed by atoms with Gasteiger partial charge in [-0.05, 0) is 44.2 Å². The van der Waals surface area contributed by atoms with Crippen LogP contribution in [-0.2, 0) is 10.2 Å². The second-order valence-electron chi connectivity index (χ2n) is 5.59. The van der Waals surface area contributed by atoms with Crippen molar-refractivity contribution >= 4 is 10.2 Å². The minimum Gasteiger partial charge on any atom is -0.317 e. The maximum atomic E-state index is 12.1. The molecule has 5 nitrogen and oxygen atoms in total. The molecule has 0 bridgehead atoms. The minimum absolute atomic E-state index is 0.175. The van der Waals surface area contributed by atoms with Crippen LogP contribution in [0.2, 0.25) is 0 Å². The maximum Gasteiger partial charge on any atom is 0.279 e. The minimum atomic E-state index is -3.23. The van der Waals surface area contributed by atoms with Gasteiger partial charge in [-0.1, -0.05) is 13.8 Å². The first-order chi connectivity index (χ1) is 8.53. The summed E-state index contributed by atoms with van der Waals surface area (Å²) < 4.78 is 28.6. The zero-order chi connectivity index (χ0) is 13.2. The van der Waals surface area contributed by atoms with Crippen molar-refractivity contribution in [3.05, 3.63) is 0 Å². The number of nitrogens with one attached hydrogen (secondary N) is 2. The van der Waals surface area contributed by atoms with E-state index in [4.69, 9.17) is 0 Å². The van der Waals surface area contributed by atoms with Crippen molar-refractivity contribution in [1.29, 1.82) is 0 Å². The topological polar surface area (TPSA) is 61.4 Å². The van der Waals surface area contributed by atoms with Crippen LogP contribution in [-0.4, -0.2) is 44.9 Å². The Morgan fingerprint density at radius 1 is 1.28 bits per heavy atom. The molecule has 106 valence electrons. The van der Waals surface area contributed by atoms with E-state index in [-0.39, 0.29) is 6.04 Å². The van der Waals surface area contributed by atoms with Gasteiger partial charge in [0.2, 0.25) is 0 Å². The Bertz CT molecular complexity index is 364. The first-order valence-corrected chi connectivity index (χ1v) is 8.45. The third kappa shape index (κ3) is 3.66. The highest BCUT2D eigenvalue weighted by molar-refractivity contribution is 7.87. The lowest BCUT2D eigenvalue weighted by atomic mass is 9.98. The quantitative estimate of drug-likeness (QED) is 0.744. The molecule has 2 rings (SSSR count). The van der Waals surface area contributed by atoms with Gasteiger partial charge in [-0.25, -0.2) is 0 Å². The van der Waals surface area contributed by atoms with Gasteiger partial charge in [0.1, 0.15) is 0 Å². The molecular weight excluding hydrogens is 250 g/mol. The summed E-state index contributed by atoms with van der Waals surface area (Å²) >= 11 is 0. The van der Waals surface area contributed by atoms with Crippen molar-refractivity contribution < 1.29 is 8.42 Å². The fourth-order valence-corrected chi connectivity index (χ4v) is 4.01. The van der Waals surface area contributed by atoms with Crippen LogP contribution in [0.4, 0.5) is 0 Å². The predicted molar refractivity (Wildman–Crippen MR) is 72.5 cm³/mol. The van der Waals surface area contributed by atoms with Gasteiger partial charge in [-0.15, -0.1) is 0 Å². The van der Waals surface area contributed by atoms with E-state index in [0.717, 1.165) is 32.4 Å². The Kier molecular flexibility index (Phi) is 4.64. The molecular formula is C12H25N3O2S. The fourth-order valence-electron chi connectivity index (χ4n) is 2.45. The lowest BCUT2D eigenvalue weighted by molar-refractivity contribution is 0.266. The first-order valence-electron chi connectivity index (χ1n) is 7.01. The van der Waals surface area contributed by atoms with Gasteiger partial charge in [0.15, 0.2) is 0 Å². The van der Waals surface area contributed by atoms with Crippen LogP contribution < -0.4 is 10.0 Å². The SMILES string of the molecule is CCNCC1CCN(S(=O)(=O)NC2CC2C)CC1. The molecule has 2 atom stereocenters. The number of rotatable bonds is 6. The lowest BCUT2D eigenvalue weighted by Gasteiger charge is -2.31. The molecule has 0 radical (unpaired) electrons. The highest BCUT2D eigenvalue weighted by Gasteiger charge is 2.38. The average molecular weight is 275 g/mol. The first kappa shape index (κ1) is 14.2. The molecule has 2 aliphatic rings. The molecule has 2 N–H and O–H groups in total. The van der Waals surface area contributed by atoms with Gasteiger partial charge in [-0.3, -0.25) is 0 Å². The molecule has 2 fully saturated rings. The summed E-state index contributed by atoms with van der Waals surface area (Å²) in [5.41, 5.74) is 0. The molecule has 1 saturated carbocycles. The summed E-state index contributed by atoms with van der Waals surface area (Å²) in [6.07, 6.45) is 2.92. The predicted octanol–water partition coefficient (Wildman–Crippen LogP) is 0.551. The van der Waals surface area contributed by atoms with Gasteiger partial charge in [0.25, 0.3) is 10.2 Å². The summed E-state index contributed by atoms with van der Waals surface area (Å²) in [7, 11) is -3.23. The molecule has 0 spiro atoms. The van der Waals surface area contributed by atoms with E-state index in [0.29, 0.717) is 24.9 Å². The van der Waals surface area contributed by atoms with Crippen molar-refractivity contribution in [2.75, 3.05) is 26.2 Å². The van der Waals surface area contributed by atoms with Crippen molar-refractivity contribution in [1.82, 2.24) is 14.3 Å². The van der Waals surface area contributed by atoms with Gasteiger partial charge in [0, 0.05) is 19.1 Å². The second-order valence-corrected chi connectivity index (χ2v) is 7.29. The van der Waals surface area contributed by atoms with E-state index in [1.807, 2.05) is 0 Å². The molecule has 1 aliphatic heterocycles. The van der Waals surface area contributed by atoms with E-state index >= 15 is 0 Å². The molecule has 6 heteroatoms. The van der Waals surface area contributed by atoms with Crippen molar-refractivity contribution in [2.24, 2.45) is 11.8 Å². The lowest BCUT2D eigenvalue weighted by Crippen LogP contribution is -2.46. The summed E-state index contributed by atoms with van der Waals surface area (Å²) in [5.74, 6) is 1.13. The van der Waals surface area contributed by atoms with Crippen LogP contribution in [0.5, 0.6) is 0 Å². The molecule has 0 amide bonds. The summed E-state index contributed by atoms with van der Waals surface area (Å²) in [6.45, 7) is 7.49. The van der Waals surface area contributed by atoms with Crippen LogP contribution >= 0.6 is 0 Å². The van der Waals surface area contributed by atoms with Gasteiger partial charge in [-0.2, -0.15) is 17.4 Å². The number of piperidine rings is 1. The monoisotopic (exact) mass is 275 g/mol. The molecule has 1 aliphatic carbocycles. The second kappa shape index (κ2) is 5.86. The standard InChI is InChI=1S/C12H25N3O2S/c1-3-13-9-11-4-6-15(7-5-11)18(16,17)14-12-8-10(12)2/h10-14H,3-9H2,1-2H3. The zero-order valence-electron chi connectivity index (χ0n) is 11.4. The van der Waals surface area contributed by atoms with Crippen molar-refractivity contribution in [3.63, 3.8) is 0 Å². The van der Waals surface area contributed by atoms with Crippen LogP contribution in [0, 0.1) is 11.8 Å². The Labute approximate surface area is 110 Å². The van der Waals surface area contributed by atoms with E-state index in [2.05, 4.69) is 23.9 Å². The highest BCUT2D eigenvalue weighted by atomic mass is 32.2. The molecule has 0 aromatic rings. The summed E-state index contributed by atoms with van der Waals surface area (Å²) in [4.78, 5) is 0. The molecule has 18 heavy (non-hydrogen) atoms. The van der Waals surface area contributed by atoms with E-state index in [9.17, 15) is 8.42 Å². The smallest absolute Gasteiger partial charge is 0.279 e. The molecule has 1 heterocycles. The fraction of sp³-hybridized carbons (Fsp3) is 1.00. The van der Waals surface area contributed by atoms with Gasteiger partial charge < -0.3 is 5.32 Å².